The molecule has 0 aliphatic heterocycles. The van der Waals surface area contributed by atoms with Crippen LogP contribution in [0.4, 0.5) is 0 Å². The average molecular weight is 368 g/mol. The lowest BCUT2D eigenvalue weighted by molar-refractivity contribution is 0.0285. The molecule has 0 amide bonds. The Bertz CT molecular complexity index is 733. The van der Waals surface area contributed by atoms with Gasteiger partial charge in [0.2, 0.25) is 0 Å². The van der Waals surface area contributed by atoms with Gasteiger partial charge in [-0.25, -0.2) is 5.14 Å². The minimum absolute atomic E-state index is 0.0954. The molecule has 2 aliphatic rings. The van der Waals surface area contributed by atoms with Crippen molar-refractivity contribution in [3.05, 3.63) is 29.3 Å². The molecule has 1 aromatic rings. The van der Waals surface area contributed by atoms with Crippen molar-refractivity contribution in [1.29, 1.82) is 0 Å². The Morgan fingerprint density at radius 3 is 2.68 bits per heavy atom. The van der Waals surface area contributed by atoms with Gasteiger partial charge in [-0.3, -0.25) is 4.18 Å². The highest BCUT2D eigenvalue weighted by Gasteiger charge is 2.51. The second-order valence-electron chi connectivity index (χ2n) is 7.75. The number of fused-ring (bicyclic) bond motifs is 1. The lowest BCUT2D eigenvalue weighted by Gasteiger charge is -2.43. The molecular weight excluding hydrogens is 338 g/mol. The minimum Gasteiger partial charge on any atom is -0.497 e. The van der Waals surface area contributed by atoms with E-state index in [1.165, 1.54) is 11.1 Å². The van der Waals surface area contributed by atoms with Crippen molar-refractivity contribution in [1.82, 2.24) is 0 Å². The lowest BCUT2D eigenvalue weighted by atomic mass is 9.63. The second kappa shape index (κ2) is 6.89. The predicted molar refractivity (Wildman–Crippen MR) is 97.8 cm³/mol. The maximum absolute atomic E-state index is 11.4. The predicted octanol–water partition coefficient (Wildman–Crippen LogP) is 3.53. The first-order chi connectivity index (χ1) is 11.8. The summed E-state index contributed by atoms with van der Waals surface area (Å²) in [7, 11) is -2.20. The van der Waals surface area contributed by atoms with E-state index in [1.807, 2.05) is 6.07 Å². The van der Waals surface area contributed by atoms with Gasteiger partial charge in [0.1, 0.15) is 5.75 Å². The van der Waals surface area contributed by atoms with Crippen LogP contribution < -0.4 is 9.88 Å². The fourth-order valence-corrected chi connectivity index (χ4v) is 5.63. The van der Waals surface area contributed by atoms with Gasteiger partial charge in [0.05, 0.1) is 13.2 Å². The molecule has 25 heavy (non-hydrogen) atoms. The molecule has 0 saturated heterocycles. The molecule has 1 aromatic carbocycles. The lowest BCUT2D eigenvalue weighted by Crippen LogP contribution is -2.40. The first kappa shape index (κ1) is 18.7. The molecule has 0 heterocycles. The topological polar surface area (TPSA) is 78.6 Å². The number of hydrogen-bond acceptors (Lipinski definition) is 4. The summed E-state index contributed by atoms with van der Waals surface area (Å²) in [6.07, 6.45) is 5.59. The van der Waals surface area contributed by atoms with Crippen molar-refractivity contribution in [2.24, 2.45) is 16.5 Å². The third kappa shape index (κ3) is 3.71. The zero-order valence-electron chi connectivity index (χ0n) is 15.3. The Kier molecular flexibility index (Phi) is 5.15. The highest BCUT2D eigenvalue weighted by Crippen LogP contribution is 2.57. The molecule has 2 aliphatic carbocycles. The summed E-state index contributed by atoms with van der Waals surface area (Å²) >= 11 is 0. The summed E-state index contributed by atoms with van der Waals surface area (Å²) in [5.41, 5.74) is 2.67. The Hall–Kier alpha value is -1.11. The first-order valence-corrected chi connectivity index (χ1v) is 10.6. The van der Waals surface area contributed by atoms with Crippen molar-refractivity contribution >= 4 is 10.3 Å². The van der Waals surface area contributed by atoms with E-state index in [0.29, 0.717) is 11.8 Å². The normalized spacial score (nSPS) is 32.4. The minimum atomic E-state index is -3.89. The Balaban J connectivity index is 1.79. The van der Waals surface area contributed by atoms with Crippen LogP contribution in [0, 0.1) is 11.3 Å². The fourth-order valence-electron chi connectivity index (χ4n) is 4.99. The average Bonchev–Trinajstić information content (AvgIpc) is 2.88. The van der Waals surface area contributed by atoms with Crippen LogP contribution in [0.2, 0.25) is 0 Å². The molecule has 0 aromatic heterocycles. The standard InChI is InChI=1S/C19H29NO4S/c1-4-13-12-16(23-3)6-7-17(13)14-9-10-19(2)15(11-14)5-8-18(19)24-25(20,21)22/h6-7,12,14-15,18H,4-5,8-11H2,1-3H3,(H2,20,21,22). The van der Waals surface area contributed by atoms with Crippen molar-refractivity contribution < 1.29 is 17.3 Å². The van der Waals surface area contributed by atoms with E-state index in [2.05, 4.69) is 26.0 Å². The molecule has 4 unspecified atom stereocenters. The molecule has 4 atom stereocenters. The van der Waals surface area contributed by atoms with Gasteiger partial charge in [-0.05, 0) is 79.0 Å². The number of rotatable bonds is 5. The van der Waals surface area contributed by atoms with Gasteiger partial charge in [-0.15, -0.1) is 0 Å². The summed E-state index contributed by atoms with van der Waals surface area (Å²) in [6, 6.07) is 6.40. The zero-order valence-corrected chi connectivity index (χ0v) is 16.1. The van der Waals surface area contributed by atoms with E-state index < -0.39 is 10.3 Å². The molecule has 0 bridgehead atoms. The van der Waals surface area contributed by atoms with E-state index in [4.69, 9.17) is 14.1 Å². The van der Waals surface area contributed by atoms with Gasteiger partial charge in [0, 0.05) is 0 Å². The first-order valence-electron chi connectivity index (χ1n) is 9.14. The smallest absolute Gasteiger partial charge is 0.333 e. The third-order valence-corrected chi connectivity index (χ3v) is 6.97. The molecule has 2 fully saturated rings. The van der Waals surface area contributed by atoms with Gasteiger partial charge >= 0.3 is 10.3 Å². The van der Waals surface area contributed by atoms with Crippen LogP contribution in [0.25, 0.3) is 0 Å². The molecule has 2 saturated carbocycles. The zero-order chi connectivity index (χ0) is 18.2. The highest BCUT2D eigenvalue weighted by atomic mass is 32.2. The maximum Gasteiger partial charge on any atom is 0.333 e. The number of benzene rings is 1. The highest BCUT2D eigenvalue weighted by molar-refractivity contribution is 7.84. The molecule has 2 N–H and O–H groups in total. The van der Waals surface area contributed by atoms with Crippen LogP contribution in [0.3, 0.4) is 0 Å². The Morgan fingerprint density at radius 2 is 2.04 bits per heavy atom. The van der Waals surface area contributed by atoms with Crippen LogP contribution in [0.1, 0.15) is 63.0 Å². The van der Waals surface area contributed by atoms with Gasteiger partial charge in [0.25, 0.3) is 0 Å². The number of methoxy groups -OCH3 is 1. The number of ether oxygens (including phenoxy) is 1. The number of hydrogen-bond donors (Lipinski definition) is 1. The Morgan fingerprint density at radius 1 is 1.28 bits per heavy atom. The summed E-state index contributed by atoms with van der Waals surface area (Å²) in [6.45, 7) is 4.35. The molecule has 0 spiro atoms. The van der Waals surface area contributed by atoms with Crippen LogP contribution in [0.5, 0.6) is 5.75 Å². The molecular formula is C19H29NO4S. The van der Waals surface area contributed by atoms with Crippen LogP contribution in [0.15, 0.2) is 18.2 Å². The van der Waals surface area contributed by atoms with Crippen molar-refractivity contribution in [3.8, 4) is 5.75 Å². The van der Waals surface area contributed by atoms with E-state index in [0.717, 1.165) is 44.3 Å². The molecule has 140 valence electrons. The van der Waals surface area contributed by atoms with E-state index >= 15 is 0 Å². The SMILES string of the molecule is CCc1cc(OC)ccc1C1CCC2(C)C(CCC2OS(N)(=O)=O)C1. The van der Waals surface area contributed by atoms with Crippen LogP contribution >= 0.6 is 0 Å². The Labute approximate surface area is 151 Å². The van der Waals surface area contributed by atoms with Crippen molar-refractivity contribution in [2.75, 3.05) is 7.11 Å². The monoisotopic (exact) mass is 367 g/mol. The van der Waals surface area contributed by atoms with Gasteiger partial charge < -0.3 is 4.74 Å². The maximum atomic E-state index is 11.4. The van der Waals surface area contributed by atoms with E-state index in [1.54, 1.807) is 7.11 Å². The van der Waals surface area contributed by atoms with Gasteiger partial charge in [-0.1, -0.05) is 19.9 Å². The second-order valence-corrected chi connectivity index (χ2v) is 8.93. The summed E-state index contributed by atoms with van der Waals surface area (Å²) in [5, 5.41) is 5.12. The number of aryl methyl sites for hydroxylation is 1. The van der Waals surface area contributed by atoms with Crippen molar-refractivity contribution in [3.63, 3.8) is 0 Å². The van der Waals surface area contributed by atoms with E-state index in [9.17, 15) is 8.42 Å². The molecule has 3 rings (SSSR count). The summed E-state index contributed by atoms with van der Waals surface area (Å²) in [4.78, 5) is 0. The van der Waals surface area contributed by atoms with Crippen LogP contribution in [-0.4, -0.2) is 21.6 Å². The van der Waals surface area contributed by atoms with Gasteiger partial charge in [0.15, 0.2) is 0 Å². The number of nitrogens with two attached hydrogens (primary N) is 1. The fraction of sp³-hybridized carbons (Fsp3) is 0.684. The molecule has 6 heteroatoms. The summed E-state index contributed by atoms with van der Waals surface area (Å²) in [5.74, 6) is 1.90. The van der Waals surface area contributed by atoms with Crippen molar-refractivity contribution in [2.45, 2.75) is 64.4 Å². The molecule has 5 nitrogen and oxygen atoms in total. The van der Waals surface area contributed by atoms with Crippen LogP contribution in [-0.2, 0) is 20.9 Å². The van der Waals surface area contributed by atoms with Gasteiger partial charge in [-0.2, -0.15) is 8.42 Å². The molecule has 0 radical (unpaired) electrons. The largest absolute Gasteiger partial charge is 0.497 e. The summed E-state index contributed by atoms with van der Waals surface area (Å²) < 4.78 is 33.3. The van der Waals surface area contributed by atoms with E-state index in [-0.39, 0.29) is 11.5 Å². The third-order valence-electron chi connectivity index (χ3n) is 6.47. The quantitative estimate of drug-likeness (QED) is 0.863.